The SMILES string of the molecule is C#CCC(C)c1cc(C(C)(C)C)c(OC)c(C(C)(C)C)c1. The van der Waals surface area contributed by atoms with Crippen LogP contribution in [0.25, 0.3) is 0 Å². The van der Waals surface area contributed by atoms with Crippen LogP contribution in [0.2, 0.25) is 0 Å². The lowest BCUT2D eigenvalue weighted by Gasteiger charge is -2.30. The molecule has 0 bridgehead atoms. The van der Waals surface area contributed by atoms with Crippen LogP contribution in [0.15, 0.2) is 12.1 Å². The normalized spacial score (nSPS) is 13.7. The molecule has 1 heteroatoms. The average Bonchev–Trinajstić information content (AvgIpc) is 2.35. The van der Waals surface area contributed by atoms with Crippen LogP contribution in [0.1, 0.15) is 77.5 Å². The third-order valence-corrected chi connectivity index (χ3v) is 3.92. The van der Waals surface area contributed by atoms with Gasteiger partial charge in [-0.15, -0.1) is 12.3 Å². The molecule has 0 radical (unpaired) electrons. The van der Waals surface area contributed by atoms with Gasteiger partial charge in [-0.3, -0.25) is 0 Å². The molecule has 0 saturated carbocycles. The van der Waals surface area contributed by atoms with Crippen LogP contribution in [-0.4, -0.2) is 7.11 Å². The van der Waals surface area contributed by atoms with Crippen molar-refractivity contribution in [3.8, 4) is 18.1 Å². The molecule has 0 saturated heterocycles. The highest BCUT2D eigenvalue weighted by Gasteiger charge is 2.28. The summed E-state index contributed by atoms with van der Waals surface area (Å²) in [4.78, 5) is 0. The van der Waals surface area contributed by atoms with E-state index in [9.17, 15) is 0 Å². The highest BCUT2D eigenvalue weighted by atomic mass is 16.5. The fourth-order valence-electron chi connectivity index (χ4n) is 2.56. The lowest BCUT2D eigenvalue weighted by molar-refractivity contribution is 0.381. The first kappa shape index (κ1) is 17.6. The van der Waals surface area contributed by atoms with E-state index >= 15 is 0 Å². The van der Waals surface area contributed by atoms with Crippen LogP contribution in [-0.2, 0) is 10.8 Å². The van der Waals surface area contributed by atoms with Crippen molar-refractivity contribution in [2.45, 2.75) is 71.6 Å². The summed E-state index contributed by atoms with van der Waals surface area (Å²) in [6.45, 7) is 15.6. The van der Waals surface area contributed by atoms with Crippen molar-refractivity contribution in [1.29, 1.82) is 0 Å². The molecule has 0 N–H and O–H groups in total. The summed E-state index contributed by atoms with van der Waals surface area (Å²) in [5, 5.41) is 0. The van der Waals surface area contributed by atoms with Gasteiger partial charge in [-0.05, 0) is 22.3 Å². The van der Waals surface area contributed by atoms with Crippen molar-refractivity contribution >= 4 is 0 Å². The minimum atomic E-state index is 0.0389. The molecular formula is C20H30O. The largest absolute Gasteiger partial charge is 0.496 e. The zero-order chi connectivity index (χ0) is 16.4. The number of benzene rings is 1. The second-order valence-corrected chi connectivity index (χ2v) is 7.96. The van der Waals surface area contributed by atoms with Crippen molar-refractivity contribution in [2.75, 3.05) is 7.11 Å². The molecule has 1 unspecified atom stereocenters. The molecule has 1 nitrogen and oxygen atoms in total. The molecule has 0 aliphatic carbocycles. The number of hydrogen-bond acceptors (Lipinski definition) is 1. The van der Waals surface area contributed by atoms with Gasteiger partial charge in [0.05, 0.1) is 7.11 Å². The van der Waals surface area contributed by atoms with Crippen LogP contribution in [0.5, 0.6) is 5.75 Å². The Balaban J connectivity index is 3.64. The van der Waals surface area contributed by atoms with Gasteiger partial charge in [-0.1, -0.05) is 60.6 Å². The number of terminal acetylenes is 1. The van der Waals surface area contributed by atoms with Crippen molar-refractivity contribution in [1.82, 2.24) is 0 Å². The lowest BCUT2D eigenvalue weighted by Crippen LogP contribution is -2.20. The third kappa shape index (κ3) is 4.03. The first-order valence-corrected chi connectivity index (χ1v) is 7.68. The minimum Gasteiger partial charge on any atom is -0.496 e. The standard InChI is InChI=1S/C20H30O/c1-10-11-14(2)15-12-16(19(3,4)5)18(21-9)17(13-15)20(6,7)8/h1,12-14H,11H2,2-9H3. The molecule has 0 spiro atoms. The second kappa shape index (κ2) is 6.14. The van der Waals surface area contributed by atoms with Gasteiger partial charge in [-0.25, -0.2) is 0 Å². The van der Waals surface area contributed by atoms with Gasteiger partial charge in [-0.2, -0.15) is 0 Å². The Hall–Kier alpha value is -1.42. The van der Waals surface area contributed by atoms with Crippen LogP contribution < -0.4 is 4.74 Å². The first-order valence-electron chi connectivity index (χ1n) is 7.68. The highest BCUT2D eigenvalue weighted by molar-refractivity contribution is 5.51. The number of rotatable bonds is 3. The van der Waals surface area contributed by atoms with Crippen molar-refractivity contribution < 1.29 is 4.74 Å². The van der Waals surface area contributed by atoms with Gasteiger partial charge < -0.3 is 4.74 Å². The average molecular weight is 286 g/mol. The Morgan fingerprint density at radius 3 is 1.76 bits per heavy atom. The Bertz CT molecular complexity index is 497. The monoisotopic (exact) mass is 286 g/mol. The fraction of sp³-hybridized carbons (Fsp3) is 0.600. The molecular weight excluding hydrogens is 256 g/mol. The summed E-state index contributed by atoms with van der Waals surface area (Å²) in [5.74, 6) is 4.16. The van der Waals surface area contributed by atoms with Gasteiger partial charge in [0.25, 0.3) is 0 Å². The van der Waals surface area contributed by atoms with Gasteiger partial charge >= 0.3 is 0 Å². The third-order valence-electron chi connectivity index (χ3n) is 3.92. The molecule has 0 aromatic heterocycles. The predicted octanol–water partition coefficient (Wildman–Crippen LogP) is 5.42. The minimum absolute atomic E-state index is 0.0389. The van der Waals surface area contributed by atoms with Gasteiger partial charge in [0.15, 0.2) is 0 Å². The van der Waals surface area contributed by atoms with E-state index in [0.29, 0.717) is 5.92 Å². The zero-order valence-electron chi connectivity index (χ0n) is 14.9. The Labute approximate surface area is 131 Å². The zero-order valence-corrected chi connectivity index (χ0v) is 14.9. The Morgan fingerprint density at radius 1 is 1.05 bits per heavy atom. The van der Waals surface area contributed by atoms with E-state index in [1.165, 1.54) is 16.7 Å². The fourth-order valence-corrected chi connectivity index (χ4v) is 2.56. The summed E-state index contributed by atoms with van der Waals surface area (Å²) in [6, 6.07) is 4.55. The summed E-state index contributed by atoms with van der Waals surface area (Å²) in [5.41, 5.74) is 3.91. The molecule has 1 aromatic rings. The Morgan fingerprint density at radius 2 is 1.48 bits per heavy atom. The Kier molecular flexibility index (Phi) is 5.16. The number of ether oxygens (including phenoxy) is 1. The van der Waals surface area contributed by atoms with Crippen LogP contribution >= 0.6 is 0 Å². The van der Waals surface area contributed by atoms with E-state index < -0.39 is 0 Å². The molecule has 0 amide bonds. The van der Waals surface area contributed by atoms with Crippen molar-refractivity contribution in [3.63, 3.8) is 0 Å². The van der Waals surface area contributed by atoms with E-state index in [0.717, 1.165) is 12.2 Å². The van der Waals surface area contributed by atoms with E-state index in [-0.39, 0.29) is 10.8 Å². The van der Waals surface area contributed by atoms with E-state index in [4.69, 9.17) is 11.2 Å². The van der Waals surface area contributed by atoms with Crippen LogP contribution in [0.3, 0.4) is 0 Å². The molecule has 1 atom stereocenters. The van der Waals surface area contributed by atoms with E-state index in [1.807, 2.05) is 0 Å². The van der Waals surface area contributed by atoms with Crippen molar-refractivity contribution in [2.24, 2.45) is 0 Å². The van der Waals surface area contributed by atoms with E-state index in [2.05, 4.69) is 66.5 Å². The van der Waals surface area contributed by atoms with Gasteiger partial charge in [0, 0.05) is 17.5 Å². The molecule has 0 fully saturated rings. The molecule has 0 aliphatic rings. The smallest absolute Gasteiger partial charge is 0.126 e. The van der Waals surface area contributed by atoms with Crippen LogP contribution in [0, 0.1) is 12.3 Å². The lowest BCUT2D eigenvalue weighted by atomic mass is 9.77. The topological polar surface area (TPSA) is 9.23 Å². The quantitative estimate of drug-likeness (QED) is 0.674. The predicted molar refractivity (Wildman–Crippen MR) is 92.3 cm³/mol. The molecule has 0 heterocycles. The maximum Gasteiger partial charge on any atom is 0.126 e. The summed E-state index contributed by atoms with van der Waals surface area (Å²) >= 11 is 0. The van der Waals surface area contributed by atoms with E-state index in [1.54, 1.807) is 7.11 Å². The van der Waals surface area contributed by atoms with Crippen molar-refractivity contribution in [3.05, 3.63) is 28.8 Å². The summed E-state index contributed by atoms with van der Waals surface area (Å²) in [6.07, 6.45) is 6.26. The first-order chi connectivity index (χ1) is 9.52. The second-order valence-electron chi connectivity index (χ2n) is 7.96. The molecule has 1 rings (SSSR count). The molecule has 0 aliphatic heterocycles. The highest BCUT2D eigenvalue weighted by Crippen LogP contribution is 2.42. The summed E-state index contributed by atoms with van der Waals surface area (Å²) < 4.78 is 5.78. The molecule has 21 heavy (non-hydrogen) atoms. The molecule has 116 valence electrons. The van der Waals surface area contributed by atoms with Gasteiger partial charge in [0.2, 0.25) is 0 Å². The molecule has 1 aromatic carbocycles. The van der Waals surface area contributed by atoms with Gasteiger partial charge in [0.1, 0.15) is 5.75 Å². The maximum absolute atomic E-state index is 5.78. The number of methoxy groups -OCH3 is 1. The number of hydrogen-bond donors (Lipinski definition) is 0. The maximum atomic E-state index is 5.78. The van der Waals surface area contributed by atoms with Crippen LogP contribution in [0.4, 0.5) is 0 Å². The summed E-state index contributed by atoms with van der Waals surface area (Å²) in [7, 11) is 1.77.